The number of methoxy groups -OCH3 is 1. The maximum absolute atomic E-state index is 12.6. The molecule has 3 rings (SSSR count). The number of carbonyl (C=O) groups is 2. The van der Waals surface area contributed by atoms with Crippen LogP contribution in [-0.2, 0) is 9.59 Å². The van der Waals surface area contributed by atoms with E-state index in [0.29, 0.717) is 23.0 Å². The fourth-order valence-electron chi connectivity index (χ4n) is 2.93. The van der Waals surface area contributed by atoms with E-state index in [0.717, 1.165) is 15.7 Å². The van der Waals surface area contributed by atoms with Crippen LogP contribution in [0, 0.1) is 12.8 Å². The summed E-state index contributed by atoms with van der Waals surface area (Å²) < 4.78 is 5.98. The highest BCUT2D eigenvalue weighted by Gasteiger charge is 2.35. The third kappa shape index (κ3) is 3.71. The highest BCUT2D eigenvalue weighted by atomic mass is 79.9. The molecule has 0 unspecified atom stereocenters. The van der Waals surface area contributed by atoms with Gasteiger partial charge in [-0.15, -0.1) is 0 Å². The molecule has 0 radical (unpaired) electrons. The van der Waals surface area contributed by atoms with Crippen molar-refractivity contribution >= 4 is 50.7 Å². The lowest BCUT2D eigenvalue weighted by molar-refractivity contribution is -0.122. The first-order valence-electron chi connectivity index (χ1n) is 8.10. The lowest BCUT2D eigenvalue weighted by Crippen LogP contribution is -2.28. The van der Waals surface area contributed by atoms with Crippen LogP contribution in [0.15, 0.2) is 40.9 Å². The predicted octanol–water partition coefficient (Wildman–Crippen LogP) is 4.41. The van der Waals surface area contributed by atoms with Gasteiger partial charge in [0.1, 0.15) is 5.75 Å². The number of anilines is 2. The SMILES string of the molecule is COc1cccc(N2C[C@H](C(=O)Nc3ccc(Br)c(Cl)c3C)CC2=O)c1. The molecular formula is C19H18BrClN2O3. The Kier molecular flexibility index (Phi) is 5.53. The average molecular weight is 438 g/mol. The number of carbonyl (C=O) groups excluding carboxylic acids is 2. The third-order valence-corrected chi connectivity index (χ3v) is 5.83. The van der Waals surface area contributed by atoms with Gasteiger partial charge in [0.2, 0.25) is 11.8 Å². The van der Waals surface area contributed by atoms with Crippen LogP contribution in [0.4, 0.5) is 11.4 Å². The van der Waals surface area contributed by atoms with E-state index in [1.165, 1.54) is 0 Å². The molecule has 1 fully saturated rings. The second kappa shape index (κ2) is 7.68. The fourth-order valence-corrected chi connectivity index (χ4v) is 3.53. The van der Waals surface area contributed by atoms with Crippen molar-refractivity contribution < 1.29 is 14.3 Å². The van der Waals surface area contributed by atoms with Crippen molar-refractivity contribution in [1.29, 1.82) is 0 Å². The smallest absolute Gasteiger partial charge is 0.229 e. The summed E-state index contributed by atoms with van der Waals surface area (Å²) in [7, 11) is 1.58. The van der Waals surface area contributed by atoms with Crippen molar-refractivity contribution in [2.45, 2.75) is 13.3 Å². The standard InChI is InChI=1S/C19H18BrClN2O3/c1-11-16(7-6-15(20)18(11)21)22-19(25)12-8-17(24)23(10-12)13-4-3-5-14(9-13)26-2/h3-7,9,12H,8,10H2,1-2H3,(H,22,25)/t12-/m1/s1. The molecule has 0 aliphatic carbocycles. The molecule has 0 aromatic heterocycles. The van der Waals surface area contributed by atoms with E-state index in [2.05, 4.69) is 21.2 Å². The first-order chi connectivity index (χ1) is 12.4. The molecule has 136 valence electrons. The zero-order valence-electron chi connectivity index (χ0n) is 14.4. The van der Waals surface area contributed by atoms with Crippen LogP contribution in [0.25, 0.3) is 0 Å². The Labute approximate surface area is 165 Å². The van der Waals surface area contributed by atoms with Crippen LogP contribution in [0.3, 0.4) is 0 Å². The predicted molar refractivity (Wildman–Crippen MR) is 106 cm³/mol. The highest BCUT2D eigenvalue weighted by Crippen LogP contribution is 2.32. The Morgan fingerprint density at radius 3 is 2.85 bits per heavy atom. The molecule has 7 heteroatoms. The van der Waals surface area contributed by atoms with Gasteiger partial charge in [-0.1, -0.05) is 17.7 Å². The summed E-state index contributed by atoms with van der Waals surface area (Å²) in [5.74, 6) is -0.0203. The van der Waals surface area contributed by atoms with Gasteiger partial charge >= 0.3 is 0 Å². The minimum Gasteiger partial charge on any atom is -0.497 e. The first-order valence-corrected chi connectivity index (χ1v) is 9.27. The molecule has 0 saturated carbocycles. The molecule has 2 aromatic rings. The van der Waals surface area contributed by atoms with Crippen LogP contribution in [0.5, 0.6) is 5.75 Å². The van der Waals surface area contributed by atoms with Crippen LogP contribution in [-0.4, -0.2) is 25.5 Å². The fraction of sp³-hybridized carbons (Fsp3) is 0.263. The topological polar surface area (TPSA) is 58.6 Å². The Morgan fingerprint density at radius 1 is 1.35 bits per heavy atom. The van der Waals surface area contributed by atoms with Crippen LogP contribution < -0.4 is 15.0 Å². The number of ether oxygens (including phenoxy) is 1. The zero-order valence-corrected chi connectivity index (χ0v) is 16.7. The van der Waals surface area contributed by atoms with Gasteiger partial charge in [0.05, 0.1) is 18.1 Å². The molecule has 1 aliphatic heterocycles. The molecule has 0 bridgehead atoms. The van der Waals surface area contributed by atoms with Crippen molar-refractivity contribution in [2.75, 3.05) is 23.9 Å². The summed E-state index contributed by atoms with van der Waals surface area (Å²) in [6, 6.07) is 10.8. The molecule has 2 aromatic carbocycles. The molecule has 26 heavy (non-hydrogen) atoms. The van der Waals surface area contributed by atoms with Crippen molar-refractivity contribution in [1.82, 2.24) is 0 Å². The summed E-state index contributed by atoms with van der Waals surface area (Å²) >= 11 is 9.57. The Hall–Kier alpha value is -2.05. The van der Waals surface area contributed by atoms with E-state index in [1.54, 1.807) is 30.2 Å². The first kappa shape index (κ1) is 18.7. The number of hydrogen-bond acceptors (Lipinski definition) is 3. The van der Waals surface area contributed by atoms with Gasteiger partial charge in [-0.25, -0.2) is 0 Å². The Balaban J connectivity index is 1.74. The van der Waals surface area contributed by atoms with Gasteiger partial charge in [-0.2, -0.15) is 0 Å². The van der Waals surface area contributed by atoms with E-state index in [-0.39, 0.29) is 18.2 Å². The van der Waals surface area contributed by atoms with Gasteiger partial charge < -0.3 is 15.0 Å². The summed E-state index contributed by atoms with van der Waals surface area (Å²) in [6.45, 7) is 2.17. The summed E-state index contributed by atoms with van der Waals surface area (Å²) in [4.78, 5) is 26.6. The van der Waals surface area contributed by atoms with E-state index >= 15 is 0 Å². The quantitative estimate of drug-likeness (QED) is 0.771. The number of nitrogens with one attached hydrogen (secondary N) is 1. The molecule has 1 aliphatic rings. The minimum atomic E-state index is -0.421. The molecule has 5 nitrogen and oxygen atoms in total. The molecule has 1 N–H and O–H groups in total. The van der Waals surface area contributed by atoms with E-state index in [1.807, 2.05) is 25.1 Å². The maximum atomic E-state index is 12.6. The summed E-state index contributed by atoms with van der Waals surface area (Å²) in [5, 5.41) is 3.45. The second-order valence-corrected chi connectivity index (χ2v) is 7.36. The number of hydrogen-bond donors (Lipinski definition) is 1. The van der Waals surface area contributed by atoms with Gasteiger partial charge in [0.25, 0.3) is 0 Å². The van der Waals surface area contributed by atoms with Crippen LogP contribution >= 0.6 is 27.5 Å². The molecule has 1 atom stereocenters. The Morgan fingerprint density at radius 2 is 2.12 bits per heavy atom. The van der Waals surface area contributed by atoms with Gasteiger partial charge in [-0.3, -0.25) is 9.59 Å². The van der Waals surface area contributed by atoms with Crippen molar-refractivity contribution in [3.63, 3.8) is 0 Å². The van der Waals surface area contributed by atoms with Crippen LogP contribution in [0.1, 0.15) is 12.0 Å². The molecule has 2 amide bonds. The summed E-state index contributed by atoms with van der Waals surface area (Å²) in [6.07, 6.45) is 0.173. The maximum Gasteiger partial charge on any atom is 0.229 e. The molecular weight excluding hydrogens is 420 g/mol. The number of benzene rings is 2. The number of nitrogens with zero attached hydrogens (tertiary/aromatic N) is 1. The second-order valence-electron chi connectivity index (χ2n) is 6.13. The zero-order chi connectivity index (χ0) is 18.8. The van der Waals surface area contributed by atoms with Crippen LogP contribution in [0.2, 0.25) is 5.02 Å². The number of halogens is 2. The number of rotatable bonds is 4. The van der Waals surface area contributed by atoms with E-state index in [4.69, 9.17) is 16.3 Å². The average Bonchev–Trinajstić information content (AvgIpc) is 3.04. The normalized spacial score (nSPS) is 16.7. The lowest BCUT2D eigenvalue weighted by atomic mass is 10.1. The lowest BCUT2D eigenvalue weighted by Gasteiger charge is -2.18. The van der Waals surface area contributed by atoms with Crippen molar-refractivity contribution in [3.8, 4) is 5.75 Å². The number of amides is 2. The van der Waals surface area contributed by atoms with E-state index in [9.17, 15) is 9.59 Å². The molecule has 1 saturated heterocycles. The largest absolute Gasteiger partial charge is 0.497 e. The third-order valence-electron chi connectivity index (χ3n) is 4.46. The highest BCUT2D eigenvalue weighted by molar-refractivity contribution is 9.10. The van der Waals surface area contributed by atoms with Crippen molar-refractivity contribution in [3.05, 3.63) is 51.5 Å². The van der Waals surface area contributed by atoms with Crippen molar-refractivity contribution in [2.24, 2.45) is 5.92 Å². The van der Waals surface area contributed by atoms with E-state index < -0.39 is 5.92 Å². The molecule has 0 spiro atoms. The van der Waals surface area contributed by atoms with Gasteiger partial charge in [-0.05, 0) is 52.7 Å². The monoisotopic (exact) mass is 436 g/mol. The van der Waals surface area contributed by atoms with Gasteiger partial charge in [0.15, 0.2) is 0 Å². The Bertz CT molecular complexity index is 872. The minimum absolute atomic E-state index is 0.0797. The summed E-state index contributed by atoms with van der Waals surface area (Å²) in [5.41, 5.74) is 2.16. The van der Waals surface area contributed by atoms with Gasteiger partial charge in [0, 0.05) is 34.9 Å². The molecule has 1 heterocycles.